The predicted octanol–water partition coefficient (Wildman–Crippen LogP) is 0.899. The summed E-state index contributed by atoms with van der Waals surface area (Å²) in [6.45, 7) is 1.17. The number of esters is 1. The smallest absolute Gasteiger partial charge is 0.306 e. The molecule has 1 aliphatic heterocycles. The Labute approximate surface area is 135 Å². The molecule has 0 bridgehead atoms. The quantitative estimate of drug-likeness (QED) is 0.758. The molecule has 6 heteroatoms. The van der Waals surface area contributed by atoms with E-state index in [1.165, 1.54) is 12.7 Å². The SMILES string of the molecule is COC(=O)CCC(=O)N[C@@H]1CC(=O)N(CCc2ccccc2)C1. The molecule has 1 aromatic rings. The van der Waals surface area contributed by atoms with Crippen LogP contribution in [0.4, 0.5) is 0 Å². The Hall–Kier alpha value is -2.37. The van der Waals surface area contributed by atoms with Crippen LogP contribution in [0.1, 0.15) is 24.8 Å². The summed E-state index contributed by atoms with van der Waals surface area (Å²) in [4.78, 5) is 36.6. The molecule has 1 aliphatic rings. The molecule has 0 aliphatic carbocycles. The molecule has 2 amide bonds. The lowest BCUT2D eigenvalue weighted by Crippen LogP contribution is -2.37. The Kier molecular flexibility index (Phi) is 6.14. The number of carbonyl (C=O) groups excluding carboxylic acids is 3. The molecular weight excluding hydrogens is 296 g/mol. The summed E-state index contributed by atoms with van der Waals surface area (Å²) in [5.41, 5.74) is 1.19. The zero-order chi connectivity index (χ0) is 16.7. The number of carbonyl (C=O) groups is 3. The van der Waals surface area contributed by atoms with Gasteiger partial charge in [0.15, 0.2) is 0 Å². The highest BCUT2D eigenvalue weighted by molar-refractivity contribution is 5.84. The van der Waals surface area contributed by atoms with E-state index in [0.717, 1.165) is 6.42 Å². The molecular formula is C17H22N2O4. The van der Waals surface area contributed by atoms with E-state index in [0.29, 0.717) is 19.5 Å². The van der Waals surface area contributed by atoms with Gasteiger partial charge in [0.1, 0.15) is 0 Å². The molecule has 0 spiro atoms. The van der Waals surface area contributed by atoms with Crippen LogP contribution < -0.4 is 5.32 Å². The second-order valence-corrected chi connectivity index (χ2v) is 5.62. The number of nitrogens with zero attached hydrogens (tertiary/aromatic N) is 1. The molecule has 0 aromatic heterocycles. The van der Waals surface area contributed by atoms with Crippen LogP contribution in [0.15, 0.2) is 30.3 Å². The first-order chi connectivity index (χ1) is 11.1. The van der Waals surface area contributed by atoms with Crippen molar-refractivity contribution < 1.29 is 19.1 Å². The van der Waals surface area contributed by atoms with Crippen LogP contribution >= 0.6 is 0 Å². The van der Waals surface area contributed by atoms with E-state index in [-0.39, 0.29) is 30.7 Å². The van der Waals surface area contributed by atoms with Crippen LogP contribution in [0.3, 0.4) is 0 Å². The number of rotatable bonds is 7. The molecule has 1 atom stereocenters. The average molecular weight is 318 g/mol. The third-order valence-electron chi connectivity index (χ3n) is 3.88. The van der Waals surface area contributed by atoms with Crippen molar-refractivity contribution in [2.75, 3.05) is 20.2 Å². The summed E-state index contributed by atoms with van der Waals surface area (Å²) < 4.78 is 4.50. The fourth-order valence-corrected chi connectivity index (χ4v) is 2.61. The fraction of sp³-hybridized carbons (Fsp3) is 0.471. The Bertz CT molecular complexity index is 559. The molecule has 124 valence electrons. The average Bonchev–Trinajstić information content (AvgIpc) is 2.91. The molecule has 1 heterocycles. The lowest BCUT2D eigenvalue weighted by Gasteiger charge is -2.17. The van der Waals surface area contributed by atoms with E-state index < -0.39 is 5.97 Å². The second-order valence-electron chi connectivity index (χ2n) is 5.62. The van der Waals surface area contributed by atoms with Gasteiger partial charge >= 0.3 is 5.97 Å². The third kappa shape index (κ3) is 5.39. The minimum Gasteiger partial charge on any atom is -0.469 e. The Morgan fingerprint density at radius 1 is 1.26 bits per heavy atom. The number of amides is 2. The summed E-state index contributed by atoms with van der Waals surface area (Å²) in [6, 6.07) is 9.81. The number of likely N-dealkylation sites (tertiary alicyclic amines) is 1. The van der Waals surface area contributed by atoms with Gasteiger partial charge in [-0.3, -0.25) is 14.4 Å². The maximum atomic E-state index is 12.0. The molecule has 1 aromatic carbocycles. The highest BCUT2D eigenvalue weighted by Gasteiger charge is 2.30. The first-order valence-electron chi connectivity index (χ1n) is 7.76. The van der Waals surface area contributed by atoms with E-state index in [1.807, 2.05) is 30.3 Å². The summed E-state index contributed by atoms with van der Waals surface area (Å²) >= 11 is 0. The van der Waals surface area contributed by atoms with Crippen molar-refractivity contribution in [3.63, 3.8) is 0 Å². The van der Waals surface area contributed by atoms with E-state index in [4.69, 9.17) is 0 Å². The maximum absolute atomic E-state index is 12.0. The topological polar surface area (TPSA) is 75.7 Å². The number of hydrogen-bond donors (Lipinski definition) is 1. The van der Waals surface area contributed by atoms with Crippen LogP contribution in [0, 0.1) is 0 Å². The van der Waals surface area contributed by atoms with Crippen molar-refractivity contribution in [1.82, 2.24) is 10.2 Å². The zero-order valence-corrected chi connectivity index (χ0v) is 13.3. The van der Waals surface area contributed by atoms with E-state index >= 15 is 0 Å². The minimum atomic E-state index is -0.410. The molecule has 1 saturated heterocycles. The largest absolute Gasteiger partial charge is 0.469 e. The van der Waals surface area contributed by atoms with Gasteiger partial charge < -0.3 is 15.0 Å². The zero-order valence-electron chi connectivity index (χ0n) is 13.3. The molecule has 1 N–H and O–H groups in total. The van der Waals surface area contributed by atoms with Gasteiger partial charge in [-0.2, -0.15) is 0 Å². The highest BCUT2D eigenvalue weighted by Crippen LogP contribution is 2.13. The third-order valence-corrected chi connectivity index (χ3v) is 3.88. The Morgan fingerprint density at radius 3 is 2.70 bits per heavy atom. The molecule has 0 radical (unpaired) electrons. The first-order valence-corrected chi connectivity index (χ1v) is 7.76. The van der Waals surface area contributed by atoms with Crippen molar-refractivity contribution in [2.45, 2.75) is 31.7 Å². The van der Waals surface area contributed by atoms with Gasteiger partial charge in [0.2, 0.25) is 11.8 Å². The monoisotopic (exact) mass is 318 g/mol. The standard InChI is InChI=1S/C17H22N2O4/c1-23-17(22)8-7-15(20)18-14-11-16(21)19(12-14)10-9-13-5-3-2-4-6-13/h2-6,14H,7-12H2,1H3,(H,18,20)/t14-/m1/s1. The van der Waals surface area contributed by atoms with Crippen molar-refractivity contribution >= 4 is 17.8 Å². The van der Waals surface area contributed by atoms with Gasteiger partial charge in [-0.25, -0.2) is 0 Å². The molecule has 0 unspecified atom stereocenters. The van der Waals surface area contributed by atoms with Crippen LogP contribution in [0.5, 0.6) is 0 Å². The van der Waals surface area contributed by atoms with Gasteiger partial charge in [-0.1, -0.05) is 30.3 Å². The van der Waals surface area contributed by atoms with Crippen molar-refractivity contribution in [1.29, 1.82) is 0 Å². The van der Waals surface area contributed by atoms with E-state index in [2.05, 4.69) is 10.1 Å². The number of benzene rings is 1. The van der Waals surface area contributed by atoms with Gasteiger partial charge in [-0.15, -0.1) is 0 Å². The van der Waals surface area contributed by atoms with Gasteiger partial charge in [0.25, 0.3) is 0 Å². The van der Waals surface area contributed by atoms with E-state index in [9.17, 15) is 14.4 Å². The summed E-state index contributed by atoms with van der Waals surface area (Å²) in [7, 11) is 1.29. The molecule has 6 nitrogen and oxygen atoms in total. The van der Waals surface area contributed by atoms with Crippen molar-refractivity contribution in [3.8, 4) is 0 Å². The van der Waals surface area contributed by atoms with Gasteiger partial charge in [0.05, 0.1) is 19.6 Å². The molecule has 1 fully saturated rings. The van der Waals surface area contributed by atoms with Crippen molar-refractivity contribution in [2.24, 2.45) is 0 Å². The first kappa shape index (κ1) is 17.0. The lowest BCUT2D eigenvalue weighted by atomic mass is 10.1. The van der Waals surface area contributed by atoms with Crippen molar-refractivity contribution in [3.05, 3.63) is 35.9 Å². The number of nitrogens with one attached hydrogen (secondary N) is 1. The van der Waals surface area contributed by atoms with E-state index in [1.54, 1.807) is 4.90 Å². The highest BCUT2D eigenvalue weighted by atomic mass is 16.5. The number of methoxy groups -OCH3 is 1. The normalized spacial score (nSPS) is 17.2. The predicted molar refractivity (Wildman–Crippen MR) is 84.5 cm³/mol. The molecule has 23 heavy (non-hydrogen) atoms. The fourth-order valence-electron chi connectivity index (χ4n) is 2.61. The lowest BCUT2D eigenvalue weighted by molar-refractivity contribution is -0.142. The Morgan fingerprint density at radius 2 is 2.00 bits per heavy atom. The molecule has 0 saturated carbocycles. The van der Waals surface area contributed by atoms with Crippen LogP contribution in [0.25, 0.3) is 0 Å². The number of hydrogen-bond acceptors (Lipinski definition) is 4. The Balaban J connectivity index is 1.74. The summed E-state index contributed by atoms with van der Waals surface area (Å²) in [5, 5.41) is 2.81. The summed E-state index contributed by atoms with van der Waals surface area (Å²) in [6.07, 6.45) is 1.26. The number of ether oxygens (including phenoxy) is 1. The maximum Gasteiger partial charge on any atom is 0.306 e. The minimum absolute atomic E-state index is 0.0548. The van der Waals surface area contributed by atoms with Gasteiger partial charge in [-0.05, 0) is 12.0 Å². The summed E-state index contributed by atoms with van der Waals surface area (Å²) in [5.74, 6) is -0.579. The second kappa shape index (κ2) is 8.31. The molecule has 2 rings (SSSR count). The van der Waals surface area contributed by atoms with Crippen LogP contribution in [-0.4, -0.2) is 48.9 Å². The van der Waals surface area contributed by atoms with Crippen LogP contribution in [-0.2, 0) is 25.5 Å². The van der Waals surface area contributed by atoms with Gasteiger partial charge in [0, 0.05) is 25.9 Å². The van der Waals surface area contributed by atoms with Crippen LogP contribution in [0.2, 0.25) is 0 Å².